The Labute approximate surface area is 109 Å². The number of aromatic nitrogens is 2. The van der Waals surface area contributed by atoms with Crippen molar-refractivity contribution in [2.75, 3.05) is 13.1 Å². The summed E-state index contributed by atoms with van der Waals surface area (Å²) in [6, 6.07) is 0. The Bertz CT molecular complexity index is 292. The zero-order valence-electron chi connectivity index (χ0n) is 10.8. The second-order valence-corrected chi connectivity index (χ2v) is 4.70. The number of rotatable bonds is 8. The van der Waals surface area contributed by atoms with Crippen LogP contribution in [0.1, 0.15) is 45.2 Å². The van der Waals surface area contributed by atoms with Crippen molar-refractivity contribution in [2.45, 2.75) is 46.1 Å². The van der Waals surface area contributed by atoms with Gasteiger partial charge in [-0.15, -0.1) is 0 Å². The van der Waals surface area contributed by atoms with Crippen LogP contribution in [0.2, 0.25) is 5.15 Å². The van der Waals surface area contributed by atoms with Crippen LogP contribution in [0.15, 0.2) is 12.4 Å². The molecule has 0 saturated carbocycles. The summed E-state index contributed by atoms with van der Waals surface area (Å²) < 4.78 is 0. The van der Waals surface area contributed by atoms with Crippen LogP contribution in [-0.2, 0) is 6.54 Å². The van der Waals surface area contributed by atoms with Gasteiger partial charge in [0.1, 0.15) is 5.15 Å². The van der Waals surface area contributed by atoms with Crippen molar-refractivity contribution in [1.29, 1.82) is 0 Å². The average molecular weight is 256 g/mol. The lowest BCUT2D eigenvalue weighted by atomic mass is 10.2. The van der Waals surface area contributed by atoms with Gasteiger partial charge >= 0.3 is 0 Å². The van der Waals surface area contributed by atoms with E-state index in [0.29, 0.717) is 5.15 Å². The molecule has 3 nitrogen and oxygen atoms in total. The number of unbranched alkanes of at least 4 members (excludes halogenated alkanes) is 2. The van der Waals surface area contributed by atoms with E-state index >= 15 is 0 Å². The fourth-order valence-electron chi connectivity index (χ4n) is 1.68. The molecule has 1 rings (SSSR count). The van der Waals surface area contributed by atoms with Gasteiger partial charge in [-0.25, -0.2) is 4.98 Å². The van der Waals surface area contributed by atoms with Gasteiger partial charge in [0.2, 0.25) is 0 Å². The zero-order chi connectivity index (χ0) is 12.5. The minimum absolute atomic E-state index is 0.461. The molecule has 0 aromatic carbocycles. The maximum absolute atomic E-state index is 5.73. The van der Waals surface area contributed by atoms with E-state index in [-0.39, 0.29) is 0 Å². The van der Waals surface area contributed by atoms with Gasteiger partial charge in [-0.3, -0.25) is 9.88 Å². The fraction of sp³-hybridized carbons (Fsp3) is 0.692. The Morgan fingerprint density at radius 3 is 2.18 bits per heavy atom. The second kappa shape index (κ2) is 8.43. The predicted molar refractivity (Wildman–Crippen MR) is 72.1 cm³/mol. The molecule has 0 unspecified atom stereocenters. The molecule has 4 heteroatoms. The summed E-state index contributed by atoms with van der Waals surface area (Å²) in [7, 11) is 0. The molecule has 0 aliphatic carbocycles. The Kier molecular flexibility index (Phi) is 7.13. The largest absolute Gasteiger partial charge is 0.297 e. The fourth-order valence-corrected chi connectivity index (χ4v) is 1.78. The molecule has 96 valence electrons. The van der Waals surface area contributed by atoms with Crippen molar-refractivity contribution < 1.29 is 0 Å². The Morgan fingerprint density at radius 2 is 1.71 bits per heavy atom. The molecule has 0 aliphatic heterocycles. The van der Waals surface area contributed by atoms with Crippen LogP contribution in [0.3, 0.4) is 0 Å². The molecule has 0 bridgehead atoms. The first-order valence-electron chi connectivity index (χ1n) is 6.45. The molecule has 1 heterocycles. The minimum Gasteiger partial charge on any atom is -0.297 e. The van der Waals surface area contributed by atoms with Gasteiger partial charge in [0.15, 0.2) is 0 Å². The summed E-state index contributed by atoms with van der Waals surface area (Å²) in [6.45, 7) is 7.60. The van der Waals surface area contributed by atoms with E-state index in [1.807, 2.05) is 0 Å². The maximum Gasteiger partial charge on any atom is 0.147 e. The van der Waals surface area contributed by atoms with E-state index in [4.69, 9.17) is 11.6 Å². The molecule has 0 saturated heterocycles. The van der Waals surface area contributed by atoms with E-state index in [9.17, 15) is 0 Å². The van der Waals surface area contributed by atoms with Gasteiger partial charge in [0.05, 0.1) is 18.1 Å². The molecule has 1 aromatic rings. The van der Waals surface area contributed by atoms with Gasteiger partial charge in [0, 0.05) is 6.54 Å². The lowest BCUT2D eigenvalue weighted by molar-refractivity contribution is 0.254. The first-order valence-corrected chi connectivity index (χ1v) is 6.82. The molecule has 0 radical (unpaired) electrons. The topological polar surface area (TPSA) is 29.0 Å². The van der Waals surface area contributed by atoms with Crippen LogP contribution >= 0.6 is 11.6 Å². The molecule has 0 aliphatic rings. The van der Waals surface area contributed by atoms with Crippen LogP contribution in [0.4, 0.5) is 0 Å². The highest BCUT2D eigenvalue weighted by Crippen LogP contribution is 2.07. The van der Waals surface area contributed by atoms with E-state index < -0.39 is 0 Å². The predicted octanol–water partition coefficient (Wildman–Crippen LogP) is 3.53. The van der Waals surface area contributed by atoms with E-state index in [2.05, 4.69) is 28.7 Å². The summed E-state index contributed by atoms with van der Waals surface area (Å²) in [5.74, 6) is 0. The first-order chi connectivity index (χ1) is 8.26. The van der Waals surface area contributed by atoms with Crippen LogP contribution in [0.25, 0.3) is 0 Å². The Morgan fingerprint density at radius 1 is 1.06 bits per heavy atom. The maximum atomic E-state index is 5.73. The van der Waals surface area contributed by atoms with Crippen molar-refractivity contribution in [1.82, 2.24) is 14.9 Å². The molecule has 0 N–H and O–H groups in total. The number of hydrogen-bond acceptors (Lipinski definition) is 3. The standard InChI is InChI=1S/C13H22ClN3/c1-3-5-7-17(8-6-4-2)11-12-9-16-13(14)10-15-12/h9-10H,3-8,11H2,1-2H3. The highest BCUT2D eigenvalue weighted by Gasteiger charge is 2.06. The molecule has 0 spiro atoms. The van der Waals surface area contributed by atoms with Gasteiger partial charge < -0.3 is 0 Å². The van der Waals surface area contributed by atoms with Gasteiger partial charge in [-0.2, -0.15) is 0 Å². The Hall–Kier alpha value is -0.670. The molecule has 1 aromatic heterocycles. The number of nitrogens with zero attached hydrogens (tertiary/aromatic N) is 3. The molecule has 0 atom stereocenters. The zero-order valence-corrected chi connectivity index (χ0v) is 11.6. The quantitative estimate of drug-likeness (QED) is 0.712. The lowest BCUT2D eigenvalue weighted by Gasteiger charge is -2.21. The third-order valence-corrected chi connectivity index (χ3v) is 2.91. The minimum atomic E-state index is 0.461. The van der Waals surface area contributed by atoms with Crippen molar-refractivity contribution >= 4 is 11.6 Å². The summed E-state index contributed by atoms with van der Waals surface area (Å²) >= 11 is 5.73. The van der Waals surface area contributed by atoms with Crippen LogP contribution in [0.5, 0.6) is 0 Å². The third-order valence-electron chi connectivity index (χ3n) is 2.72. The SMILES string of the molecule is CCCCN(CCCC)Cc1cnc(Cl)cn1. The number of halogens is 1. The molecule has 17 heavy (non-hydrogen) atoms. The van der Waals surface area contributed by atoms with Crippen molar-refractivity contribution in [3.8, 4) is 0 Å². The lowest BCUT2D eigenvalue weighted by Crippen LogP contribution is -2.26. The van der Waals surface area contributed by atoms with Crippen LogP contribution < -0.4 is 0 Å². The van der Waals surface area contributed by atoms with E-state index in [1.165, 1.54) is 25.7 Å². The van der Waals surface area contributed by atoms with E-state index in [0.717, 1.165) is 25.3 Å². The molecule has 0 fully saturated rings. The summed E-state index contributed by atoms with van der Waals surface area (Å²) in [4.78, 5) is 10.8. The van der Waals surface area contributed by atoms with Crippen molar-refractivity contribution in [3.05, 3.63) is 23.2 Å². The average Bonchev–Trinajstić information content (AvgIpc) is 2.35. The van der Waals surface area contributed by atoms with Crippen molar-refractivity contribution in [3.63, 3.8) is 0 Å². The summed E-state index contributed by atoms with van der Waals surface area (Å²) in [5, 5.41) is 0.461. The molecular weight excluding hydrogens is 234 g/mol. The third kappa shape index (κ3) is 5.99. The monoisotopic (exact) mass is 255 g/mol. The van der Waals surface area contributed by atoms with Gasteiger partial charge in [-0.05, 0) is 25.9 Å². The van der Waals surface area contributed by atoms with Gasteiger partial charge in [-0.1, -0.05) is 38.3 Å². The number of hydrogen-bond donors (Lipinski definition) is 0. The highest BCUT2D eigenvalue weighted by atomic mass is 35.5. The van der Waals surface area contributed by atoms with Crippen molar-refractivity contribution in [2.24, 2.45) is 0 Å². The van der Waals surface area contributed by atoms with E-state index in [1.54, 1.807) is 12.4 Å². The van der Waals surface area contributed by atoms with Crippen LogP contribution in [-0.4, -0.2) is 28.0 Å². The first kappa shape index (κ1) is 14.4. The van der Waals surface area contributed by atoms with Gasteiger partial charge in [0.25, 0.3) is 0 Å². The van der Waals surface area contributed by atoms with Crippen LogP contribution in [0, 0.1) is 0 Å². The summed E-state index contributed by atoms with van der Waals surface area (Å²) in [5.41, 5.74) is 1.00. The normalized spacial score (nSPS) is 11.1. The second-order valence-electron chi connectivity index (χ2n) is 4.31. The Balaban J connectivity index is 2.48. The smallest absolute Gasteiger partial charge is 0.147 e. The summed E-state index contributed by atoms with van der Waals surface area (Å²) in [6.07, 6.45) is 8.33. The molecular formula is C13H22ClN3. The molecule has 0 amide bonds. The highest BCUT2D eigenvalue weighted by molar-refractivity contribution is 6.29.